The van der Waals surface area contributed by atoms with Gasteiger partial charge in [-0.15, -0.1) is 0 Å². The molecule has 12 heavy (non-hydrogen) atoms. The van der Waals surface area contributed by atoms with Crippen molar-refractivity contribution >= 4 is 0 Å². The average Bonchev–Trinajstić information content (AvgIpc) is 2.04. The van der Waals surface area contributed by atoms with Gasteiger partial charge in [0, 0.05) is 0 Å². The molecule has 0 aliphatic heterocycles. The van der Waals surface area contributed by atoms with Gasteiger partial charge >= 0.3 is 0 Å². The first-order valence-electron chi connectivity index (χ1n) is 4.05. The van der Waals surface area contributed by atoms with Gasteiger partial charge in [0.15, 0.2) is 0 Å². The fraction of sp³-hybridized carbons (Fsp3) is 0.400. The van der Waals surface area contributed by atoms with E-state index in [9.17, 15) is 9.50 Å². The van der Waals surface area contributed by atoms with Crippen LogP contribution in [0.4, 0.5) is 4.39 Å². The van der Waals surface area contributed by atoms with E-state index in [2.05, 4.69) is 0 Å². The molecule has 66 valence electrons. The van der Waals surface area contributed by atoms with E-state index < -0.39 is 6.10 Å². The highest BCUT2D eigenvalue weighted by molar-refractivity contribution is 5.18. The monoisotopic (exact) mass is 168 g/mol. The lowest BCUT2D eigenvalue weighted by molar-refractivity contribution is 0.127. The second-order valence-electron chi connectivity index (χ2n) is 3.24. The van der Waals surface area contributed by atoms with Crippen LogP contribution in [-0.4, -0.2) is 5.11 Å². The summed E-state index contributed by atoms with van der Waals surface area (Å²) >= 11 is 0. The number of halogens is 1. The van der Waals surface area contributed by atoms with Gasteiger partial charge in [-0.1, -0.05) is 26.0 Å². The summed E-state index contributed by atoms with van der Waals surface area (Å²) in [6, 6.07) is 5.95. The Hall–Kier alpha value is -0.890. The predicted octanol–water partition coefficient (Wildman–Crippen LogP) is 2.52. The lowest BCUT2D eigenvalue weighted by Gasteiger charge is -2.14. The van der Waals surface area contributed by atoms with Crippen LogP contribution in [0.2, 0.25) is 0 Å². The summed E-state index contributed by atoms with van der Waals surface area (Å²) in [5.41, 5.74) is 0.770. The van der Waals surface area contributed by atoms with Crippen LogP contribution in [0.5, 0.6) is 0 Å². The van der Waals surface area contributed by atoms with E-state index in [1.54, 1.807) is 12.1 Å². The molecule has 1 aromatic rings. The average molecular weight is 168 g/mol. The third kappa shape index (κ3) is 2.05. The summed E-state index contributed by atoms with van der Waals surface area (Å²) in [5, 5.41) is 9.57. The minimum absolute atomic E-state index is 0.162. The zero-order valence-corrected chi connectivity index (χ0v) is 7.29. The molecule has 0 aliphatic carbocycles. The molecule has 0 radical (unpaired) electrons. The normalized spacial score (nSPS) is 13.4. The molecule has 0 aliphatic rings. The topological polar surface area (TPSA) is 20.2 Å². The molecule has 0 spiro atoms. The lowest BCUT2D eigenvalue weighted by atomic mass is 9.99. The molecule has 0 heterocycles. The Labute approximate surface area is 71.9 Å². The molecule has 0 bridgehead atoms. The summed E-state index contributed by atoms with van der Waals surface area (Å²) in [6.45, 7) is 3.85. The molecule has 1 nitrogen and oxygen atoms in total. The maximum atomic E-state index is 12.5. The molecule has 0 fully saturated rings. The van der Waals surface area contributed by atoms with Crippen LogP contribution in [0.25, 0.3) is 0 Å². The Morgan fingerprint density at radius 1 is 1.17 bits per heavy atom. The van der Waals surface area contributed by atoms with Crippen LogP contribution in [-0.2, 0) is 0 Å². The van der Waals surface area contributed by atoms with Crippen LogP contribution in [0.1, 0.15) is 25.5 Å². The smallest absolute Gasteiger partial charge is 0.123 e. The summed E-state index contributed by atoms with van der Waals surface area (Å²) in [6.07, 6.45) is -0.495. The number of aliphatic hydroxyl groups is 1. The van der Waals surface area contributed by atoms with Gasteiger partial charge in [-0.05, 0) is 23.6 Å². The van der Waals surface area contributed by atoms with Crippen molar-refractivity contribution in [2.24, 2.45) is 5.92 Å². The third-order valence-corrected chi connectivity index (χ3v) is 1.84. The van der Waals surface area contributed by atoms with Gasteiger partial charge in [-0.25, -0.2) is 4.39 Å². The molecule has 0 saturated carbocycles. The van der Waals surface area contributed by atoms with Gasteiger partial charge in [0.25, 0.3) is 0 Å². The minimum atomic E-state index is -0.495. The van der Waals surface area contributed by atoms with Crippen molar-refractivity contribution in [2.75, 3.05) is 0 Å². The van der Waals surface area contributed by atoms with E-state index >= 15 is 0 Å². The predicted molar refractivity (Wildman–Crippen MR) is 46.2 cm³/mol. The SMILES string of the molecule is CC(C)C(O)c1ccc(F)cc1. The molecule has 2 heteroatoms. The van der Waals surface area contributed by atoms with Gasteiger partial charge in [0.2, 0.25) is 0 Å². The molecular weight excluding hydrogens is 155 g/mol. The maximum absolute atomic E-state index is 12.5. The molecule has 0 saturated heterocycles. The van der Waals surface area contributed by atoms with Crippen LogP contribution in [0.15, 0.2) is 24.3 Å². The highest BCUT2D eigenvalue weighted by Crippen LogP contribution is 2.20. The Bertz CT molecular complexity index is 241. The van der Waals surface area contributed by atoms with Crippen molar-refractivity contribution in [3.63, 3.8) is 0 Å². The van der Waals surface area contributed by atoms with Crippen molar-refractivity contribution in [3.05, 3.63) is 35.6 Å². The number of aliphatic hydroxyl groups excluding tert-OH is 1. The summed E-state index contributed by atoms with van der Waals surface area (Å²) in [4.78, 5) is 0. The standard InChI is InChI=1S/C10H13FO/c1-7(2)10(12)8-3-5-9(11)6-4-8/h3-7,10,12H,1-2H3. The van der Waals surface area contributed by atoms with Crippen LogP contribution >= 0.6 is 0 Å². The third-order valence-electron chi connectivity index (χ3n) is 1.84. The molecule has 1 atom stereocenters. The summed E-state index contributed by atoms with van der Waals surface area (Å²) in [5.74, 6) is -0.106. The Morgan fingerprint density at radius 2 is 1.67 bits per heavy atom. The van der Waals surface area contributed by atoms with Crippen molar-refractivity contribution in [3.8, 4) is 0 Å². The molecule has 1 N–H and O–H groups in total. The first kappa shape index (κ1) is 9.20. The van der Waals surface area contributed by atoms with E-state index in [1.807, 2.05) is 13.8 Å². The molecule has 1 unspecified atom stereocenters. The minimum Gasteiger partial charge on any atom is -0.388 e. The Morgan fingerprint density at radius 3 is 2.08 bits per heavy atom. The molecule has 0 aromatic heterocycles. The number of hydrogen-bond donors (Lipinski definition) is 1. The van der Waals surface area contributed by atoms with Gasteiger partial charge in [-0.2, -0.15) is 0 Å². The highest BCUT2D eigenvalue weighted by atomic mass is 19.1. The molecule has 1 rings (SSSR count). The van der Waals surface area contributed by atoms with E-state index in [0.29, 0.717) is 0 Å². The quantitative estimate of drug-likeness (QED) is 0.719. The molecule has 1 aromatic carbocycles. The van der Waals surface area contributed by atoms with Crippen molar-refractivity contribution < 1.29 is 9.50 Å². The van der Waals surface area contributed by atoms with Crippen LogP contribution in [0, 0.1) is 11.7 Å². The zero-order chi connectivity index (χ0) is 9.14. The number of benzene rings is 1. The van der Waals surface area contributed by atoms with Gasteiger partial charge in [-0.3, -0.25) is 0 Å². The van der Waals surface area contributed by atoms with Crippen LogP contribution in [0.3, 0.4) is 0 Å². The van der Waals surface area contributed by atoms with Crippen molar-refractivity contribution in [1.82, 2.24) is 0 Å². The number of rotatable bonds is 2. The maximum Gasteiger partial charge on any atom is 0.123 e. The van der Waals surface area contributed by atoms with E-state index in [-0.39, 0.29) is 11.7 Å². The second kappa shape index (κ2) is 3.68. The summed E-state index contributed by atoms with van der Waals surface area (Å²) < 4.78 is 12.5. The van der Waals surface area contributed by atoms with Gasteiger partial charge in [0.05, 0.1) is 6.10 Å². The molecule has 0 amide bonds. The zero-order valence-electron chi connectivity index (χ0n) is 7.29. The van der Waals surface area contributed by atoms with Gasteiger partial charge < -0.3 is 5.11 Å². The van der Waals surface area contributed by atoms with Crippen molar-refractivity contribution in [2.45, 2.75) is 20.0 Å². The largest absolute Gasteiger partial charge is 0.388 e. The highest BCUT2D eigenvalue weighted by Gasteiger charge is 2.10. The summed E-state index contributed by atoms with van der Waals surface area (Å²) in [7, 11) is 0. The number of hydrogen-bond acceptors (Lipinski definition) is 1. The van der Waals surface area contributed by atoms with E-state index in [0.717, 1.165) is 5.56 Å². The molecular formula is C10H13FO. The van der Waals surface area contributed by atoms with E-state index in [4.69, 9.17) is 0 Å². The Kier molecular flexibility index (Phi) is 2.82. The van der Waals surface area contributed by atoms with Gasteiger partial charge in [0.1, 0.15) is 5.82 Å². The van der Waals surface area contributed by atoms with Crippen LogP contribution < -0.4 is 0 Å². The Balaban J connectivity index is 2.82. The first-order chi connectivity index (χ1) is 5.61. The second-order valence-corrected chi connectivity index (χ2v) is 3.24. The lowest BCUT2D eigenvalue weighted by Crippen LogP contribution is -2.04. The van der Waals surface area contributed by atoms with E-state index in [1.165, 1.54) is 12.1 Å². The first-order valence-corrected chi connectivity index (χ1v) is 4.05. The fourth-order valence-corrected chi connectivity index (χ4v) is 1.04. The van der Waals surface area contributed by atoms with Crippen molar-refractivity contribution in [1.29, 1.82) is 0 Å². The fourth-order valence-electron chi connectivity index (χ4n) is 1.04.